The van der Waals surface area contributed by atoms with E-state index in [4.69, 9.17) is 0 Å². The van der Waals surface area contributed by atoms with Crippen LogP contribution >= 0.6 is 0 Å². The lowest BCUT2D eigenvalue weighted by Crippen LogP contribution is -2.52. The molecule has 0 saturated carbocycles. The second kappa shape index (κ2) is 5.66. The van der Waals surface area contributed by atoms with E-state index in [1.807, 2.05) is 6.92 Å². The highest BCUT2D eigenvalue weighted by atomic mass is 32.2. The third kappa shape index (κ3) is 3.02. The Morgan fingerprint density at radius 2 is 2.21 bits per heavy atom. The summed E-state index contributed by atoms with van der Waals surface area (Å²) in [7, 11) is -3.02. The van der Waals surface area contributed by atoms with Crippen molar-refractivity contribution in [3.63, 3.8) is 0 Å². The molecule has 0 aromatic rings. The van der Waals surface area contributed by atoms with Crippen molar-refractivity contribution in [2.24, 2.45) is 5.41 Å². The largest absolute Gasteiger partial charge is 0.338 e. The molecule has 7 heteroatoms. The number of nitrogens with one attached hydrogen (secondary N) is 3. The van der Waals surface area contributed by atoms with Crippen molar-refractivity contribution in [2.75, 3.05) is 31.9 Å². The third-order valence-electron chi connectivity index (χ3n) is 4.16. The van der Waals surface area contributed by atoms with E-state index in [-0.39, 0.29) is 22.4 Å². The van der Waals surface area contributed by atoms with Gasteiger partial charge in [0, 0.05) is 31.6 Å². The van der Waals surface area contributed by atoms with Gasteiger partial charge in [-0.05, 0) is 19.3 Å². The number of carbonyl (C=O) groups is 1. The normalized spacial score (nSPS) is 32.6. The van der Waals surface area contributed by atoms with Gasteiger partial charge in [-0.3, -0.25) is 0 Å². The lowest BCUT2D eigenvalue weighted by atomic mass is 9.81. The molecule has 0 radical (unpaired) electrons. The maximum Gasteiger partial charge on any atom is 0.314 e. The number of amides is 2. The quantitative estimate of drug-likeness (QED) is 0.672. The predicted octanol–water partition coefficient (Wildman–Crippen LogP) is -0.138. The second-order valence-electron chi connectivity index (χ2n) is 5.56. The highest BCUT2D eigenvalue weighted by molar-refractivity contribution is 7.92. The van der Waals surface area contributed by atoms with Crippen LogP contribution in [0.15, 0.2) is 0 Å². The minimum atomic E-state index is -3.02. The summed E-state index contributed by atoms with van der Waals surface area (Å²) in [6, 6.07) is -0.204. The van der Waals surface area contributed by atoms with Crippen LogP contribution in [0.5, 0.6) is 0 Å². The minimum Gasteiger partial charge on any atom is -0.338 e. The van der Waals surface area contributed by atoms with E-state index in [9.17, 15) is 13.2 Å². The molecule has 2 fully saturated rings. The molecule has 2 aliphatic rings. The van der Waals surface area contributed by atoms with Crippen LogP contribution in [0.25, 0.3) is 0 Å². The van der Waals surface area contributed by atoms with E-state index < -0.39 is 9.84 Å². The fraction of sp³-hybridized carbons (Fsp3) is 0.917. The standard InChI is InChI=1S/C12H23N3O3S/c1-2-5-14-11(16)15-9-12-4-3-6-19(17,18)10(12)7-13-8-12/h10,13H,2-9H2,1H3,(H2,14,15,16). The summed E-state index contributed by atoms with van der Waals surface area (Å²) >= 11 is 0. The van der Waals surface area contributed by atoms with Gasteiger partial charge in [0.15, 0.2) is 9.84 Å². The van der Waals surface area contributed by atoms with Gasteiger partial charge in [-0.15, -0.1) is 0 Å². The number of fused-ring (bicyclic) bond motifs is 1. The third-order valence-corrected chi connectivity index (χ3v) is 6.55. The Kier molecular flexibility index (Phi) is 4.35. The summed E-state index contributed by atoms with van der Waals surface area (Å²) in [5.41, 5.74) is -0.319. The van der Waals surface area contributed by atoms with Crippen molar-refractivity contribution >= 4 is 15.9 Å². The average molecular weight is 289 g/mol. The van der Waals surface area contributed by atoms with Crippen LogP contribution < -0.4 is 16.0 Å². The zero-order chi connectivity index (χ0) is 13.9. The highest BCUT2D eigenvalue weighted by Crippen LogP contribution is 2.39. The molecule has 2 rings (SSSR count). The topological polar surface area (TPSA) is 87.3 Å². The van der Waals surface area contributed by atoms with E-state index in [2.05, 4.69) is 16.0 Å². The SMILES string of the molecule is CCCNC(=O)NCC12CCCS(=O)(=O)C1CNC2. The van der Waals surface area contributed by atoms with Crippen LogP contribution in [0.1, 0.15) is 26.2 Å². The van der Waals surface area contributed by atoms with Crippen molar-refractivity contribution in [1.29, 1.82) is 0 Å². The van der Waals surface area contributed by atoms with Crippen molar-refractivity contribution in [3.05, 3.63) is 0 Å². The molecular weight excluding hydrogens is 266 g/mol. The van der Waals surface area contributed by atoms with Gasteiger partial charge < -0.3 is 16.0 Å². The summed E-state index contributed by atoms with van der Waals surface area (Å²) in [5.74, 6) is 0.281. The molecule has 0 aliphatic carbocycles. The average Bonchev–Trinajstić information content (AvgIpc) is 2.79. The Bertz CT molecular complexity index is 438. The lowest BCUT2D eigenvalue weighted by molar-refractivity contribution is 0.225. The number of hydrogen-bond acceptors (Lipinski definition) is 4. The van der Waals surface area contributed by atoms with Crippen LogP contribution in [-0.2, 0) is 9.84 Å². The van der Waals surface area contributed by atoms with Gasteiger partial charge in [-0.1, -0.05) is 6.92 Å². The highest BCUT2D eigenvalue weighted by Gasteiger charge is 2.51. The first-order valence-electron chi connectivity index (χ1n) is 6.94. The fourth-order valence-electron chi connectivity index (χ4n) is 3.13. The van der Waals surface area contributed by atoms with E-state index in [0.29, 0.717) is 32.6 Å². The molecule has 2 amide bonds. The van der Waals surface area contributed by atoms with Crippen molar-refractivity contribution in [1.82, 2.24) is 16.0 Å². The smallest absolute Gasteiger partial charge is 0.314 e. The summed E-state index contributed by atoms with van der Waals surface area (Å²) < 4.78 is 24.2. The number of urea groups is 1. The van der Waals surface area contributed by atoms with E-state index in [1.54, 1.807) is 0 Å². The molecule has 0 aromatic heterocycles. The van der Waals surface area contributed by atoms with Crippen molar-refractivity contribution in [3.8, 4) is 0 Å². The zero-order valence-electron chi connectivity index (χ0n) is 11.4. The first kappa shape index (κ1) is 14.6. The van der Waals surface area contributed by atoms with Gasteiger partial charge >= 0.3 is 6.03 Å². The first-order chi connectivity index (χ1) is 9.00. The Hall–Kier alpha value is -0.820. The number of rotatable bonds is 4. The summed E-state index contributed by atoms with van der Waals surface area (Å²) in [6.07, 6.45) is 2.44. The summed E-state index contributed by atoms with van der Waals surface area (Å²) in [6.45, 7) is 4.24. The molecule has 6 nitrogen and oxygen atoms in total. The van der Waals surface area contributed by atoms with Crippen LogP contribution in [-0.4, -0.2) is 51.6 Å². The molecular formula is C12H23N3O3S. The predicted molar refractivity (Wildman–Crippen MR) is 73.8 cm³/mol. The van der Waals surface area contributed by atoms with Gasteiger partial charge in [-0.25, -0.2) is 13.2 Å². The molecule has 2 saturated heterocycles. The molecule has 2 unspecified atom stereocenters. The van der Waals surface area contributed by atoms with Gasteiger partial charge in [0.05, 0.1) is 11.0 Å². The number of sulfone groups is 1. The molecule has 0 aromatic carbocycles. The van der Waals surface area contributed by atoms with Crippen LogP contribution in [0.3, 0.4) is 0 Å². The number of carbonyl (C=O) groups excluding carboxylic acids is 1. The Labute approximate surface area is 114 Å². The van der Waals surface area contributed by atoms with E-state index >= 15 is 0 Å². The molecule has 3 N–H and O–H groups in total. The van der Waals surface area contributed by atoms with E-state index in [1.165, 1.54) is 0 Å². The van der Waals surface area contributed by atoms with Gasteiger partial charge in [0.25, 0.3) is 0 Å². The second-order valence-corrected chi connectivity index (χ2v) is 7.86. The number of hydrogen-bond donors (Lipinski definition) is 3. The molecule has 2 aliphatic heterocycles. The molecule has 0 spiro atoms. The summed E-state index contributed by atoms with van der Waals surface area (Å²) in [4.78, 5) is 11.6. The molecule has 2 atom stereocenters. The Balaban J connectivity index is 1.99. The molecule has 110 valence electrons. The molecule has 2 heterocycles. The summed E-state index contributed by atoms with van der Waals surface area (Å²) in [5, 5.41) is 8.41. The fourth-order valence-corrected chi connectivity index (χ4v) is 5.38. The van der Waals surface area contributed by atoms with Crippen molar-refractivity contribution in [2.45, 2.75) is 31.4 Å². The Morgan fingerprint density at radius 3 is 2.95 bits per heavy atom. The molecule has 19 heavy (non-hydrogen) atoms. The lowest BCUT2D eigenvalue weighted by Gasteiger charge is -2.38. The van der Waals surface area contributed by atoms with Gasteiger partial charge in [0.1, 0.15) is 0 Å². The monoisotopic (exact) mass is 289 g/mol. The van der Waals surface area contributed by atoms with Gasteiger partial charge in [-0.2, -0.15) is 0 Å². The van der Waals surface area contributed by atoms with Crippen molar-refractivity contribution < 1.29 is 13.2 Å². The van der Waals surface area contributed by atoms with Gasteiger partial charge in [0.2, 0.25) is 0 Å². The van der Waals surface area contributed by atoms with Crippen LogP contribution in [0.4, 0.5) is 4.79 Å². The maximum atomic E-state index is 12.1. The first-order valence-corrected chi connectivity index (χ1v) is 8.66. The van der Waals surface area contributed by atoms with Crippen LogP contribution in [0.2, 0.25) is 0 Å². The van der Waals surface area contributed by atoms with E-state index in [0.717, 1.165) is 12.8 Å². The zero-order valence-corrected chi connectivity index (χ0v) is 12.2. The Morgan fingerprint density at radius 1 is 1.42 bits per heavy atom. The van der Waals surface area contributed by atoms with Crippen LogP contribution in [0, 0.1) is 5.41 Å². The molecule has 0 bridgehead atoms. The maximum absolute atomic E-state index is 12.1. The minimum absolute atomic E-state index is 0.204.